The van der Waals surface area contributed by atoms with Crippen molar-refractivity contribution in [1.29, 1.82) is 0 Å². The van der Waals surface area contributed by atoms with E-state index in [1.165, 1.54) is 4.90 Å². The van der Waals surface area contributed by atoms with E-state index in [-0.39, 0.29) is 11.1 Å². The number of thioether (sulfide) groups is 1. The molecule has 1 fully saturated rings. The van der Waals surface area contributed by atoms with E-state index in [0.717, 1.165) is 24.6 Å². The molecule has 0 aromatic heterocycles. The number of rotatable bonds is 6. The maximum absolute atomic E-state index is 12.2. The molecular weight excluding hydrogens is 276 g/mol. The van der Waals surface area contributed by atoms with Gasteiger partial charge in [0.15, 0.2) is 5.37 Å². The van der Waals surface area contributed by atoms with Crippen LogP contribution < -0.4 is 10.1 Å². The van der Waals surface area contributed by atoms with Crippen LogP contribution in [0.1, 0.15) is 19.8 Å². The fourth-order valence-corrected chi connectivity index (χ4v) is 2.88. The van der Waals surface area contributed by atoms with E-state index < -0.39 is 5.37 Å². The minimum Gasteiger partial charge on any atom is -0.495 e. The molecule has 1 saturated heterocycles. The molecule has 0 bridgehead atoms. The van der Waals surface area contributed by atoms with Crippen molar-refractivity contribution < 1.29 is 14.3 Å². The molecule has 6 heteroatoms. The number of unbranched alkanes of at least 4 members (excludes halogenated alkanes) is 1. The molecule has 0 radical (unpaired) electrons. The van der Waals surface area contributed by atoms with Crippen molar-refractivity contribution in [2.24, 2.45) is 0 Å². The van der Waals surface area contributed by atoms with Crippen LogP contribution >= 0.6 is 11.8 Å². The third-order valence-corrected chi connectivity index (χ3v) is 4.04. The second kappa shape index (κ2) is 6.65. The SMILES string of the molecule is CCCCN1C(=O)S[C@@H](Nc2ccccc2OC)C1=O. The molecule has 1 aliphatic rings. The lowest BCUT2D eigenvalue weighted by Gasteiger charge is -2.15. The maximum atomic E-state index is 12.2. The number of hydrogen-bond acceptors (Lipinski definition) is 5. The molecule has 2 amide bonds. The van der Waals surface area contributed by atoms with Gasteiger partial charge in [-0.2, -0.15) is 0 Å². The van der Waals surface area contributed by atoms with Crippen LogP contribution in [0.5, 0.6) is 5.75 Å². The molecule has 1 aliphatic heterocycles. The number of methoxy groups -OCH3 is 1. The Bertz CT molecular complexity index is 507. The van der Waals surface area contributed by atoms with Crippen LogP contribution in [0.3, 0.4) is 0 Å². The molecule has 20 heavy (non-hydrogen) atoms. The van der Waals surface area contributed by atoms with Gasteiger partial charge in [0, 0.05) is 6.54 Å². The van der Waals surface area contributed by atoms with Gasteiger partial charge in [0.05, 0.1) is 12.8 Å². The topological polar surface area (TPSA) is 58.6 Å². The number of amides is 2. The van der Waals surface area contributed by atoms with Gasteiger partial charge >= 0.3 is 0 Å². The van der Waals surface area contributed by atoms with Gasteiger partial charge in [-0.25, -0.2) is 0 Å². The second-order valence-electron chi connectivity index (χ2n) is 4.45. The highest BCUT2D eigenvalue weighted by Gasteiger charge is 2.39. The number of anilines is 1. The van der Waals surface area contributed by atoms with E-state index >= 15 is 0 Å². The lowest BCUT2D eigenvalue weighted by Crippen LogP contribution is -2.35. The molecule has 0 spiro atoms. The summed E-state index contributed by atoms with van der Waals surface area (Å²) in [7, 11) is 1.57. The fourth-order valence-electron chi connectivity index (χ4n) is 1.96. The van der Waals surface area contributed by atoms with Gasteiger partial charge in [-0.05, 0) is 30.3 Å². The van der Waals surface area contributed by atoms with E-state index in [1.54, 1.807) is 7.11 Å². The number of nitrogens with one attached hydrogen (secondary N) is 1. The first kappa shape index (κ1) is 14.7. The third kappa shape index (κ3) is 3.07. The smallest absolute Gasteiger partial charge is 0.290 e. The fraction of sp³-hybridized carbons (Fsp3) is 0.429. The van der Waals surface area contributed by atoms with E-state index in [1.807, 2.05) is 31.2 Å². The molecule has 5 nitrogen and oxygen atoms in total. The number of carbonyl (C=O) groups excluding carboxylic acids is 2. The quantitative estimate of drug-likeness (QED) is 0.874. The van der Waals surface area contributed by atoms with Crippen molar-refractivity contribution in [2.45, 2.75) is 25.1 Å². The highest BCUT2D eigenvalue weighted by Crippen LogP contribution is 2.31. The molecule has 2 rings (SSSR count). The Morgan fingerprint density at radius 1 is 1.35 bits per heavy atom. The van der Waals surface area contributed by atoms with Crippen LogP contribution in [0.4, 0.5) is 10.5 Å². The zero-order valence-corrected chi connectivity index (χ0v) is 12.4. The number of nitrogens with zero attached hydrogens (tertiary/aromatic N) is 1. The summed E-state index contributed by atoms with van der Waals surface area (Å²) in [6, 6.07) is 7.34. The summed E-state index contributed by atoms with van der Waals surface area (Å²) in [5.41, 5.74) is 0.714. The maximum Gasteiger partial charge on any atom is 0.290 e. The highest BCUT2D eigenvalue weighted by atomic mass is 32.2. The molecule has 1 N–H and O–H groups in total. The predicted molar refractivity (Wildman–Crippen MR) is 80.0 cm³/mol. The van der Waals surface area contributed by atoms with E-state index in [2.05, 4.69) is 5.32 Å². The van der Waals surface area contributed by atoms with Crippen molar-refractivity contribution in [3.63, 3.8) is 0 Å². The molecule has 1 aromatic carbocycles. The van der Waals surface area contributed by atoms with Crippen LogP contribution in [0.2, 0.25) is 0 Å². The number of imide groups is 1. The molecule has 0 saturated carbocycles. The zero-order valence-electron chi connectivity index (χ0n) is 11.6. The van der Waals surface area contributed by atoms with Crippen molar-refractivity contribution in [2.75, 3.05) is 19.0 Å². The average molecular weight is 294 g/mol. The first-order valence-corrected chi connectivity index (χ1v) is 7.47. The van der Waals surface area contributed by atoms with Crippen LogP contribution in [0, 0.1) is 0 Å². The lowest BCUT2D eigenvalue weighted by atomic mass is 10.3. The minimum absolute atomic E-state index is 0.181. The third-order valence-electron chi connectivity index (χ3n) is 3.06. The van der Waals surface area contributed by atoms with Crippen molar-refractivity contribution >= 4 is 28.6 Å². The van der Waals surface area contributed by atoms with Gasteiger partial charge in [-0.3, -0.25) is 14.5 Å². The van der Waals surface area contributed by atoms with Crippen molar-refractivity contribution in [1.82, 2.24) is 4.90 Å². The van der Waals surface area contributed by atoms with Crippen LogP contribution in [-0.2, 0) is 4.79 Å². The van der Waals surface area contributed by atoms with Gasteiger partial charge in [0.25, 0.3) is 11.1 Å². The predicted octanol–water partition coefficient (Wildman–Crippen LogP) is 2.93. The Kier molecular flexibility index (Phi) is 4.89. The zero-order chi connectivity index (χ0) is 14.5. The summed E-state index contributed by atoms with van der Waals surface area (Å²) in [6.07, 6.45) is 1.78. The Labute approximate surface area is 122 Å². The summed E-state index contributed by atoms with van der Waals surface area (Å²) in [6.45, 7) is 2.52. The number of para-hydroxylation sites is 2. The van der Waals surface area contributed by atoms with Crippen LogP contribution in [0.15, 0.2) is 24.3 Å². The van der Waals surface area contributed by atoms with Crippen molar-refractivity contribution in [3.05, 3.63) is 24.3 Å². The highest BCUT2D eigenvalue weighted by molar-refractivity contribution is 8.15. The van der Waals surface area contributed by atoms with Gasteiger partial charge in [0.2, 0.25) is 0 Å². The first-order valence-electron chi connectivity index (χ1n) is 6.59. The molecule has 0 aliphatic carbocycles. The lowest BCUT2D eigenvalue weighted by molar-refractivity contribution is -0.126. The first-order chi connectivity index (χ1) is 9.67. The Balaban J connectivity index is 2.07. The number of hydrogen-bond donors (Lipinski definition) is 1. The second-order valence-corrected chi connectivity index (χ2v) is 5.51. The number of carbonyl (C=O) groups is 2. The normalized spacial score (nSPS) is 18.5. The summed E-state index contributed by atoms with van der Waals surface area (Å²) in [5, 5.41) is 2.32. The largest absolute Gasteiger partial charge is 0.495 e. The Morgan fingerprint density at radius 2 is 2.10 bits per heavy atom. The van der Waals surface area contributed by atoms with Crippen LogP contribution in [0.25, 0.3) is 0 Å². The van der Waals surface area contributed by atoms with Gasteiger partial charge in [-0.1, -0.05) is 25.5 Å². The summed E-state index contributed by atoms with van der Waals surface area (Å²) >= 11 is 1.02. The Hall–Kier alpha value is -1.69. The van der Waals surface area contributed by atoms with Gasteiger partial charge in [-0.15, -0.1) is 0 Å². The van der Waals surface area contributed by atoms with E-state index in [0.29, 0.717) is 18.0 Å². The molecule has 1 aromatic rings. The van der Waals surface area contributed by atoms with Crippen LogP contribution in [-0.4, -0.2) is 35.1 Å². The van der Waals surface area contributed by atoms with Gasteiger partial charge < -0.3 is 10.1 Å². The van der Waals surface area contributed by atoms with E-state index in [9.17, 15) is 9.59 Å². The van der Waals surface area contributed by atoms with Gasteiger partial charge in [0.1, 0.15) is 5.75 Å². The molecule has 108 valence electrons. The minimum atomic E-state index is -0.573. The molecule has 1 heterocycles. The summed E-state index contributed by atoms with van der Waals surface area (Å²) in [4.78, 5) is 25.4. The standard InChI is InChI=1S/C14H18N2O3S/c1-3-4-9-16-13(17)12(20-14(16)18)15-10-7-5-6-8-11(10)19-2/h5-8,12,15H,3-4,9H2,1-2H3/t12-/m1/s1. The number of ether oxygens (including phenoxy) is 1. The van der Waals surface area contributed by atoms with E-state index in [4.69, 9.17) is 4.74 Å². The Morgan fingerprint density at radius 3 is 2.80 bits per heavy atom. The summed E-state index contributed by atoms with van der Waals surface area (Å²) in [5.74, 6) is 0.472. The monoisotopic (exact) mass is 294 g/mol. The molecule has 1 atom stereocenters. The summed E-state index contributed by atoms with van der Waals surface area (Å²) < 4.78 is 5.23. The molecular formula is C14H18N2O3S. The average Bonchev–Trinajstić information content (AvgIpc) is 2.72. The van der Waals surface area contributed by atoms with Crippen molar-refractivity contribution in [3.8, 4) is 5.75 Å². The number of benzene rings is 1. The molecule has 0 unspecified atom stereocenters.